The molecule has 0 unspecified atom stereocenters. The molecule has 0 aliphatic heterocycles. The second-order valence-corrected chi connectivity index (χ2v) is 4.52. The average molecular weight is 239 g/mol. The topological polar surface area (TPSA) is 49.3 Å². The summed E-state index contributed by atoms with van der Waals surface area (Å²) in [6.07, 6.45) is 0.941. The fourth-order valence-corrected chi connectivity index (χ4v) is 1.86. The molecule has 1 aromatic rings. The van der Waals surface area contributed by atoms with Gasteiger partial charge < -0.3 is 10.4 Å². The Bertz CT molecular complexity index is 324. The zero-order valence-electron chi connectivity index (χ0n) is 9.40. The van der Waals surface area contributed by atoms with Gasteiger partial charge >= 0.3 is 0 Å². The summed E-state index contributed by atoms with van der Waals surface area (Å²) < 4.78 is 0. The fourth-order valence-electron chi connectivity index (χ4n) is 1.21. The average Bonchev–Trinajstić information content (AvgIpc) is 2.34. The van der Waals surface area contributed by atoms with Crippen LogP contribution in [0.2, 0.25) is 0 Å². The molecule has 0 aromatic heterocycles. The summed E-state index contributed by atoms with van der Waals surface area (Å²) in [5.74, 6) is 0.655. The van der Waals surface area contributed by atoms with E-state index in [2.05, 4.69) is 5.32 Å². The summed E-state index contributed by atoms with van der Waals surface area (Å²) in [7, 11) is 0. The molecule has 0 spiro atoms. The Morgan fingerprint density at radius 2 is 2.06 bits per heavy atom. The Balaban J connectivity index is 2.53. The number of aliphatic hydroxyl groups excluding tert-OH is 1. The lowest BCUT2D eigenvalue weighted by molar-refractivity contribution is 0.0953. The van der Waals surface area contributed by atoms with E-state index in [9.17, 15) is 4.79 Å². The molecule has 3 nitrogen and oxygen atoms in total. The van der Waals surface area contributed by atoms with Gasteiger partial charge in [0.15, 0.2) is 0 Å². The maximum absolute atomic E-state index is 11.6. The second kappa shape index (κ2) is 7.30. The van der Waals surface area contributed by atoms with Crippen LogP contribution in [0.3, 0.4) is 0 Å². The quantitative estimate of drug-likeness (QED) is 0.746. The monoisotopic (exact) mass is 239 g/mol. The highest BCUT2D eigenvalue weighted by atomic mass is 32.2. The minimum Gasteiger partial charge on any atom is -0.396 e. The number of amides is 1. The molecular formula is C12H17NO2S. The van der Waals surface area contributed by atoms with Crippen molar-refractivity contribution in [2.24, 2.45) is 0 Å². The summed E-state index contributed by atoms with van der Waals surface area (Å²) in [6, 6.07) is 7.43. The molecule has 0 saturated carbocycles. The van der Waals surface area contributed by atoms with E-state index in [-0.39, 0.29) is 12.5 Å². The van der Waals surface area contributed by atoms with Crippen molar-refractivity contribution in [1.29, 1.82) is 0 Å². The molecule has 16 heavy (non-hydrogen) atoms. The van der Waals surface area contributed by atoms with Gasteiger partial charge in [0.25, 0.3) is 5.91 Å². The molecule has 0 aliphatic carbocycles. The molecule has 0 aliphatic rings. The van der Waals surface area contributed by atoms with Crippen LogP contribution in [0, 0.1) is 0 Å². The van der Waals surface area contributed by atoms with Crippen molar-refractivity contribution in [3.8, 4) is 0 Å². The van der Waals surface area contributed by atoms with Crippen LogP contribution in [0.15, 0.2) is 29.2 Å². The van der Waals surface area contributed by atoms with E-state index in [1.165, 1.54) is 0 Å². The third-order valence-electron chi connectivity index (χ3n) is 2.01. The van der Waals surface area contributed by atoms with Crippen LogP contribution in [0.25, 0.3) is 0 Å². The Kier molecular flexibility index (Phi) is 5.96. The SMILES string of the molecule is CCCNC(=O)c1ccc(SCCO)cc1. The summed E-state index contributed by atoms with van der Waals surface area (Å²) in [5.41, 5.74) is 0.682. The third-order valence-corrected chi connectivity index (χ3v) is 3.00. The van der Waals surface area contributed by atoms with Gasteiger partial charge in [-0.3, -0.25) is 4.79 Å². The van der Waals surface area contributed by atoms with Crippen LogP contribution in [0.4, 0.5) is 0 Å². The van der Waals surface area contributed by atoms with E-state index in [4.69, 9.17) is 5.11 Å². The van der Waals surface area contributed by atoms with Crippen molar-refractivity contribution in [2.45, 2.75) is 18.2 Å². The normalized spacial score (nSPS) is 10.1. The van der Waals surface area contributed by atoms with E-state index in [0.29, 0.717) is 17.9 Å². The molecule has 0 radical (unpaired) electrons. The van der Waals surface area contributed by atoms with E-state index in [1.807, 2.05) is 31.2 Å². The standard InChI is InChI=1S/C12H17NO2S/c1-2-7-13-12(15)10-3-5-11(6-4-10)16-9-8-14/h3-6,14H,2,7-9H2,1H3,(H,13,15). The summed E-state index contributed by atoms with van der Waals surface area (Å²) in [5, 5.41) is 11.5. The predicted molar refractivity (Wildman–Crippen MR) is 66.9 cm³/mol. The first-order chi connectivity index (χ1) is 7.77. The number of hydrogen-bond acceptors (Lipinski definition) is 3. The molecule has 1 amide bonds. The van der Waals surface area contributed by atoms with E-state index in [0.717, 1.165) is 11.3 Å². The van der Waals surface area contributed by atoms with Crippen molar-refractivity contribution in [3.63, 3.8) is 0 Å². The zero-order chi connectivity index (χ0) is 11.8. The second-order valence-electron chi connectivity index (χ2n) is 3.35. The number of thioether (sulfide) groups is 1. The van der Waals surface area contributed by atoms with E-state index < -0.39 is 0 Å². The number of nitrogens with one attached hydrogen (secondary N) is 1. The largest absolute Gasteiger partial charge is 0.396 e. The van der Waals surface area contributed by atoms with Gasteiger partial charge in [0.2, 0.25) is 0 Å². The van der Waals surface area contributed by atoms with Gasteiger partial charge in [0.1, 0.15) is 0 Å². The summed E-state index contributed by atoms with van der Waals surface area (Å²) in [4.78, 5) is 12.6. The lowest BCUT2D eigenvalue weighted by atomic mass is 10.2. The third kappa shape index (κ3) is 4.24. The van der Waals surface area contributed by atoms with Crippen LogP contribution in [-0.4, -0.2) is 29.9 Å². The van der Waals surface area contributed by atoms with Crippen molar-refractivity contribution in [1.82, 2.24) is 5.32 Å². The summed E-state index contributed by atoms with van der Waals surface area (Å²) >= 11 is 1.58. The maximum atomic E-state index is 11.6. The molecule has 1 aromatic carbocycles. The molecule has 2 N–H and O–H groups in total. The van der Waals surface area contributed by atoms with Gasteiger partial charge in [-0.05, 0) is 30.7 Å². The smallest absolute Gasteiger partial charge is 0.251 e. The van der Waals surface area contributed by atoms with Crippen LogP contribution in [0.5, 0.6) is 0 Å². The van der Waals surface area contributed by atoms with Crippen molar-refractivity contribution < 1.29 is 9.90 Å². The molecule has 88 valence electrons. The van der Waals surface area contributed by atoms with Crippen LogP contribution < -0.4 is 5.32 Å². The Hall–Kier alpha value is -1.00. The number of aliphatic hydroxyl groups is 1. The lowest BCUT2D eigenvalue weighted by Crippen LogP contribution is -2.23. The Labute approximate surface area is 100 Å². The molecule has 0 heterocycles. The first kappa shape index (κ1) is 13.1. The van der Waals surface area contributed by atoms with Crippen molar-refractivity contribution in [2.75, 3.05) is 18.9 Å². The van der Waals surface area contributed by atoms with Gasteiger partial charge in [-0.2, -0.15) is 0 Å². The molecule has 4 heteroatoms. The maximum Gasteiger partial charge on any atom is 0.251 e. The first-order valence-corrected chi connectivity index (χ1v) is 6.38. The minimum atomic E-state index is -0.0273. The molecule has 0 bridgehead atoms. The van der Waals surface area contributed by atoms with Crippen LogP contribution in [0.1, 0.15) is 23.7 Å². The highest BCUT2D eigenvalue weighted by Crippen LogP contribution is 2.17. The molecule has 1 rings (SSSR count). The molecular weight excluding hydrogens is 222 g/mol. The number of carbonyl (C=O) groups excluding carboxylic acids is 1. The molecule has 0 fully saturated rings. The predicted octanol–water partition coefficient (Wildman–Crippen LogP) is 1.91. The van der Waals surface area contributed by atoms with E-state index >= 15 is 0 Å². The fraction of sp³-hybridized carbons (Fsp3) is 0.417. The highest BCUT2D eigenvalue weighted by Gasteiger charge is 2.03. The number of rotatable bonds is 6. The van der Waals surface area contributed by atoms with Gasteiger partial charge in [-0.1, -0.05) is 6.92 Å². The van der Waals surface area contributed by atoms with Gasteiger partial charge in [-0.25, -0.2) is 0 Å². The van der Waals surface area contributed by atoms with Crippen LogP contribution in [-0.2, 0) is 0 Å². The first-order valence-electron chi connectivity index (χ1n) is 5.40. The van der Waals surface area contributed by atoms with Gasteiger partial charge in [-0.15, -0.1) is 11.8 Å². The molecule has 0 atom stereocenters. The zero-order valence-corrected chi connectivity index (χ0v) is 10.2. The van der Waals surface area contributed by atoms with Crippen molar-refractivity contribution in [3.05, 3.63) is 29.8 Å². The highest BCUT2D eigenvalue weighted by molar-refractivity contribution is 7.99. The molecule has 0 saturated heterocycles. The Morgan fingerprint density at radius 1 is 1.38 bits per heavy atom. The number of benzene rings is 1. The van der Waals surface area contributed by atoms with E-state index in [1.54, 1.807) is 11.8 Å². The van der Waals surface area contributed by atoms with Crippen LogP contribution >= 0.6 is 11.8 Å². The number of hydrogen-bond donors (Lipinski definition) is 2. The number of carbonyl (C=O) groups is 1. The minimum absolute atomic E-state index is 0.0273. The summed E-state index contributed by atoms with van der Waals surface area (Å²) in [6.45, 7) is 2.90. The van der Waals surface area contributed by atoms with Crippen molar-refractivity contribution >= 4 is 17.7 Å². The Morgan fingerprint density at radius 3 is 2.62 bits per heavy atom. The lowest BCUT2D eigenvalue weighted by Gasteiger charge is -2.04. The van der Waals surface area contributed by atoms with Gasteiger partial charge in [0, 0.05) is 22.8 Å². The van der Waals surface area contributed by atoms with Gasteiger partial charge in [0.05, 0.1) is 6.61 Å².